The average molecular weight is 163 g/mol. The van der Waals surface area contributed by atoms with Crippen molar-refractivity contribution in [1.29, 1.82) is 0 Å². The first-order valence-electron chi connectivity index (χ1n) is 4.49. The molecule has 1 N–H and O–H groups in total. The lowest BCUT2D eigenvalue weighted by Gasteiger charge is -2.13. The third-order valence-corrected chi connectivity index (χ3v) is 2.37. The Morgan fingerprint density at radius 3 is 2.58 bits per heavy atom. The van der Waals surface area contributed by atoms with Crippen LogP contribution in [0.5, 0.6) is 0 Å². The van der Waals surface area contributed by atoms with Gasteiger partial charge in [0.1, 0.15) is 0 Å². The molecule has 0 saturated carbocycles. The molecular formula is C10H13NO. The molecule has 0 radical (unpaired) electrons. The smallest absolute Gasteiger partial charge is 0.157 e. The Labute approximate surface area is 72.3 Å². The van der Waals surface area contributed by atoms with E-state index in [1.54, 1.807) is 6.08 Å². The molecule has 0 fully saturated rings. The molecule has 0 aliphatic heterocycles. The Morgan fingerprint density at radius 1 is 1.25 bits per heavy atom. The molecule has 0 amide bonds. The molecular weight excluding hydrogens is 150 g/mol. The summed E-state index contributed by atoms with van der Waals surface area (Å²) in [5.41, 5.74) is 1.13. The van der Waals surface area contributed by atoms with Crippen molar-refractivity contribution in [3.63, 3.8) is 0 Å². The maximum atomic E-state index is 10.9. The fraction of sp³-hybridized carbons (Fsp3) is 0.500. The van der Waals surface area contributed by atoms with Crippen molar-refractivity contribution in [2.45, 2.75) is 31.7 Å². The summed E-state index contributed by atoms with van der Waals surface area (Å²) >= 11 is 0. The van der Waals surface area contributed by atoms with Gasteiger partial charge in [0.05, 0.1) is 0 Å². The number of hydrogen-bond donors (Lipinski definition) is 1. The first kappa shape index (κ1) is 7.59. The van der Waals surface area contributed by atoms with Crippen LogP contribution in [0, 0.1) is 0 Å². The van der Waals surface area contributed by atoms with Gasteiger partial charge in [-0.05, 0) is 19.3 Å². The minimum Gasteiger partial charge on any atom is -0.385 e. The zero-order chi connectivity index (χ0) is 8.39. The van der Waals surface area contributed by atoms with Gasteiger partial charge in [-0.2, -0.15) is 0 Å². The molecule has 0 aromatic heterocycles. The van der Waals surface area contributed by atoms with Crippen molar-refractivity contribution >= 4 is 5.78 Å². The summed E-state index contributed by atoms with van der Waals surface area (Å²) < 4.78 is 0. The van der Waals surface area contributed by atoms with Gasteiger partial charge in [-0.15, -0.1) is 0 Å². The number of carbonyl (C=O) groups is 1. The molecule has 2 aliphatic rings. The van der Waals surface area contributed by atoms with Gasteiger partial charge in [-0.25, -0.2) is 0 Å². The van der Waals surface area contributed by atoms with E-state index in [-0.39, 0.29) is 5.78 Å². The van der Waals surface area contributed by atoms with Gasteiger partial charge in [0.25, 0.3) is 0 Å². The molecule has 0 saturated heterocycles. The van der Waals surface area contributed by atoms with Crippen molar-refractivity contribution in [3.05, 3.63) is 23.9 Å². The van der Waals surface area contributed by atoms with Crippen LogP contribution in [0.15, 0.2) is 23.9 Å². The van der Waals surface area contributed by atoms with Crippen LogP contribution >= 0.6 is 0 Å². The van der Waals surface area contributed by atoms with Crippen LogP contribution in [-0.2, 0) is 4.79 Å². The van der Waals surface area contributed by atoms with Crippen molar-refractivity contribution in [2.24, 2.45) is 0 Å². The van der Waals surface area contributed by atoms with E-state index >= 15 is 0 Å². The van der Waals surface area contributed by atoms with Crippen LogP contribution in [0.1, 0.15) is 25.7 Å². The fourth-order valence-electron chi connectivity index (χ4n) is 1.71. The first-order valence-corrected chi connectivity index (χ1v) is 4.49. The van der Waals surface area contributed by atoms with Gasteiger partial charge < -0.3 is 5.32 Å². The molecule has 2 heteroatoms. The number of rotatable bonds is 2. The Balaban J connectivity index is 1.87. The quantitative estimate of drug-likeness (QED) is 0.626. The zero-order valence-corrected chi connectivity index (χ0v) is 7.05. The molecule has 0 spiro atoms. The monoisotopic (exact) mass is 163 g/mol. The highest BCUT2D eigenvalue weighted by Gasteiger charge is 2.16. The van der Waals surface area contributed by atoms with Crippen LogP contribution in [0.25, 0.3) is 0 Å². The number of hydrogen-bond acceptors (Lipinski definition) is 2. The highest BCUT2D eigenvalue weighted by Crippen LogP contribution is 2.16. The summed E-state index contributed by atoms with van der Waals surface area (Å²) in [6, 6.07) is 0.544. The minimum atomic E-state index is 0.267. The predicted molar refractivity (Wildman–Crippen MR) is 47.6 cm³/mol. The van der Waals surface area contributed by atoms with Crippen molar-refractivity contribution < 1.29 is 4.79 Å². The third kappa shape index (κ3) is 1.58. The van der Waals surface area contributed by atoms with E-state index in [9.17, 15) is 4.79 Å². The predicted octanol–water partition coefficient (Wildman–Crippen LogP) is 1.54. The summed E-state index contributed by atoms with van der Waals surface area (Å²) in [6.07, 6.45) is 9.94. The number of allylic oxidation sites excluding steroid dienone is 2. The number of ketones is 1. The molecule has 2 rings (SSSR count). The minimum absolute atomic E-state index is 0.267. The van der Waals surface area contributed by atoms with Gasteiger partial charge in [0.15, 0.2) is 5.78 Å². The molecule has 0 unspecified atom stereocenters. The van der Waals surface area contributed by atoms with E-state index < -0.39 is 0 Å². The highest BCUT2D eigenvalue weighted by atomic mass is 16.1. The number of nitrogens with one attached hydrogen (secondary N) is 1. The maximum absolute atomic E-state index is 10.9. The second kappa shape index (κ2) is 3.13. The van der Waals surface area contributed by atoms with Gasteiger partial charge in [0, 0.05) is 24.2 Å². The standard InChI is InChI=1S/C10H13NO/c12-10-6-5-9(7-10)11-8-3-1-2-4-8/h1-2,7-8,11H,3-6H2. The molecule has 0 aromatic carbocycles. The summed E-state index contributed by atoms with van der Waals surface area (Å²) in [6.45, 7) is 0. The molecule has 64 valence electrons. The van der Waals surface area contributed by atoms with Gasteiger partial charge in [-0.1, -0.05) is 12.2 Å². The van der Waals surface area contributed by atoms with E-state index in [2.05, 4.69) is 17.5 Å². The maximum Gasteiger partial charge on any atom is 0.157 e. The van der Waals surface area contributed by atoms with Crippen LogP contribution in [0.4, 0.5) is 0 Å². The number of carbonyl (C=O) groups excluding carboxylic acids is 1. The largest absolute Gasteiger partial charge is 0.385 e. The van der Waals surface area contributed by atoms with Gasteiger partial charge >= 0.3 is 0 Å². The van der Waals surface area contributed by atoms with Crippen LogP contribution in [0.3, 0.4) is 0 Å². The molecule has 0 atom stereocenters. The summed E-state index contributed by atoms with van der Waals surface area (Å²) in [5.74, 6) is 0.267. The lowest BCUT2D eigenvalue weighted by atomic mass is 10.2. The van der Waals surface area contributed by atoms with Crippen LogP contribution in [-0.4, -0.2) is 11.8 Å². The second-order valence-electron chi connectivity index (χ2n) is 3.42. The molecule has 0 aromatic rings. The lowest BCUT2D eigenvalue weighted by Crippen LogP contribution is -2.24. The van der Waals surface area contributed by atoms with Crippen molar-refractivity contribution in [2.75, 3.05) is 0 Å². The van der Waals surface area contributed by atoms with Crippen LogP contribution in [0.2, 0.25) is 0 Å². The Bertz CT molecular complexity index is 245. The van der Waals surface area contributed by atoms with E-state index in [4.69, 9.17) is 0 Å². The van der Waals surface area contributed by atoms with E-state index in [0.29, 0.717) is 12.5 Å². The van der Waals surface area contributed by atoms with E-state index in [0.717, 1.165) is 25.0 Å². The van der Waals surface area contributed by atoms with E-state index in [1.807, 2.05) is 0 Å². The molecule has 2 aliphatic carbocycles. The Kier molecular flexibility index (Phi) is 1.98. The Hall–Kier alpha value is -1.05. The lowest BCUT2D eigenvalue weighted by molar-refractivity contribution is -0.114. The SMILES string of the molecule is O=C1C=C(NC2CC=CC2)CC1. The van der Waals surface area contributed by atoms with Crippen LogP contribution < -0.4 is 5.32 Å². The third-order valence-electron chi connectivity index (χ3n) is 2.37. The van der Waals surface area contributed by atoms with Gasteiger partial charge in [0.2, 0.25) is 0 Å². The normalized spacial score (nSPS) is 23.3. The molecule has 0 bridgehead atoms. The van der Waals surface area contributed by atoms with E-state index in [1.165, 1.54) is 0 Å². The fourth-order valence-corrected chi connectivity index (χ4v) is 1.71. The zero-order valence-electron chi connectivity index (χ0n) is 7.05. The first-order chi connectivity index (χ1) is 5.84. The van der Waals surface area contributed by atoms with Crippen molar-refractivity contribution in [1.82, 2.24) is 5.32 Å². The summed E-state index contributed by atoms with van der Waals surface area (Å²) in [7, 11) is 0. The summed E-state index contributed by atoms with van der Waals surface area (Å²) in [4.78, 5) is 10.9. The molecule has 12 heavy (non-hydrogen) atoms. The average Bonchev–Trinajstić information content (AvgIpc) is 2.63. The second-order valence-corrected chi connectivity index (χ2v) is 3.42. The topological polar surface area (TPSA) is 29.1 Å². The molecule has 0 heterocycles. The highest BCUT2D eigenvalue weighted by molar-refractivity contribution is 5.92. The summed E-state index contributed by atoms with van der Waals surface area (Å²) in [5, 5.41) is 3.39. The Morgan fingerprint density at radius 2 is 2.00 bits per heavy atom. The van der Waals surface area contributed by atoms with Crippen molar-refractivity contribution in [3.8, 4) is 0 Å². The molecule has 2 nitrogen and oxygen atoms in total. The van der Waals surface area contributed by atoms with Gasteiger partial charge in [-0.3, -0.25) is 4.79 Å².